The Balaban J connectivity index is 3.86. The van der Waals surface area contributed by atoms with Crippen LogP contribution in [-0.4, -0.2) is 49.3 Å². The van der Waals surface area contributed by atoms with Crippen molar-refractivity contribution < 1.29 is 37.6 Å². The van der Waals surface area contributed by atoms with Gasteiger partial charge in [0.05, 0.1) is 13.2 Å². The highest BCUT2D eigenvalue weighted by atomic mass is 31.2. The molecule has 67 heavy (non-hydrogen) atoms. The average Bonchev–Trinajstić information content (AvgIpc) is 3.32. The van der Waals surface area contributed by atoms with E-state index in [4.69, 9.17) is 24.3 Å². The zero-order valence-electron chi connectivity index (χ0n) is 44.2. The van der Waals surface area contributed by atoms with Gasteiger partial charge in [-0.2, -0.15) is 0 Å². The Morgan fingerprint density at radius 1 is 0.448 bits per heavy atom. The van der Waals surface area contributed by atoms with Crippen LogP contribution < -0.4 is 5.73 Å². The third kappa shape index (κ3) is 53.7. The van der Waals surface area contributed by atoms with Crippen molar-refractivity contribution in [1.29, 1.82) is 0 Å². The summed E-state index contributed by atoms with van der Waals surface area (Å²) in [4.78, 5) is 35.1. The first-order valence-electron chi connectivity index (χ1n) is 28.8. The summed E-state index contributed by atoms with van der Waals surface area (Å²) < 4.78 is 33.0. The maximum atomic E-state index is 12.6. The molecule has 0 aliphatic carbocycles. The Morgan fingerprint density at radius 2 is 0.776 bits per heavy atom. The highest BCUT2D eigenvalue weighted by Gasteiger charge is 2.26. The molecule has 0 aromatic rings. The smallest absolute Gasteiger partial charge is 0.462 e. The van der Waals surface area contributed by atoms with Crippen LogP contribution in [0.1, 0.15) is 296 Å². The lowest BCUT2D eigenvalue weighted by molar-refractivity contribution is -0.161. The molecule has 9 nitrogen and oxygen atoms in total. The van der Waals surface area contributed by atoms with Gasteiger partial charge in [-0.05, 0) is 44.9 Å². The molecule has 0 aliphatic heterocycles. The van der Waals surface area contributed by atoms with Gasteiger partial charge < -0.3 is 20.1 Å². The Bertz CT molecular complexity index is 1150. The van der Waals surface area contributed by atoms with Gasteiger partial charge in [-0.25, -0.2) is 4.57 Å². The molecule has 396 valence electrons. The number of rotatable bonds is 55. The molecule has 0 saturated heterocycles. The van der Waals surface area contributed by atoms with Gasteiger partial charge in [0.15, 0.2) is 6.10 Å². The van der Waals surface area contributed by atoms with E-state index >= 15 is 0 Å². The summed E-state index contributed by atoms with van der Waals surface area (Å²) in [6, 6.07) is 0. The van der Waals surface area contributed by atoms with E-state index in [0.717, 1.165) is 57.8 Å². The Hall–Kier alpha value is -1.51. The van der Waals surface area contributed by atoms with E-state index in [-0.39, 0.29) is 38.6 Å². The quantitative estimate of drug-likeness (QED) is 0.0264. The van der Waals surface area contributed by atoms with Crippen LogP contribution in [0.4, 0.5) is 0 Å². The summed E-state index contributed by atoms with van der Waals surface area (Å²) in [5, 5.41) is 0. The third-order valence-corrected chi connectivity index (χ3v) is 13.8. The van der Waals surface area contributed by atoms with Gasteiger partial charge in [0, 0.05) is 19.4 Å². The Kier molecular flexibility index (Phi) is 52.6. The van der Waals surface area contributed by atoms with Crippen LogP contribution >= 0.6 is 7.82 Å². The summed E-state index contributed by atoms with van der Waals surface area (Å²) in [5.74, 6) is -0.829. The SMILES string of the molecule is CCCCCC/C=C\C/C=C\CCCCCCCC(=O)OC(COC(=O)CCCCCCCCCCCCCCCCCCCCCCCCCCCCCCCC)COP(=O)(O)OCCN. The zero-order valence-corrected chi connectivity index (χ0v) is 45.1. The van der Waals surface area contributed by atoms with Crippen molar-refractivity contribution in [1.82, 2.24) is 0 Å². The lowest BCUT2D eigenvalue weighted by Crippen LogP contribution is -2.29. The predicted octanol–water partition coefficient (Wildman–Crippen LogP) is 17.9. The number of esters is 2. The van der Waals surface area contributed by atoms with Crippen molar-refractivity contribution in [2.45, 2.75) is 302 Å². The summed E-state index contributed by atoms with van der Waals surface area (Å²) in [5.41, 5.74) is 5.37. The number of carbonyl (C=O) groups excluding carboxylic acids is 2. The topological polar surface area (TPSA) is 134 Å². The molecule has 0 aromatic carbocycles. The molecule has 0 amide bonds. The van der Waals surface area contributed by atoms with Gasteiger partial charge in [-0.3, -0.25) is 18.6 Å². The predicted molar refractivity (Wildman–Crippen MR) is 284 cm³/mol. The molecule has 3 N–H and O–H groups in total. The van der Waals surface area contributed by atoms with Gasteiger partial charge in [-0.15, -0.1) is 0 Å². The van der Waals surface area contributed by atoms with Crippen LogP contribution in [-0.2, 0) is 32.7 Å². The molecule has 0 rings (SSSR count). The Labute approximate surface area is 414 Å². The third-order valence-electron chi connectivity index (χ3n) is 12.8. The fraction of sp³-hybridized carbons (Fsp3) is 0.895. The van der Waals surface area contributed by atoms with Crippen LogP contribution in [0.2, 0.25) is 0 Å². The molecule has 0 saturated carbocycles. The lowest BCUT2D eigenvalue weighted by Gasteiger charge is -2.19. The lowest BCUT2D eigenvalue weighted by atomic mass is 10.0. The highest BCUT2D eigenvalue weighted by Crippen LogP contribution is 2.43. The van der Waals surface area contributed by atoms with Gasteiger partial charge in [0.25, 0.3) is 0 Å². The van der Waals surface area contributed by atoms with Gasteiger partial charge in [-0.1, -0.05) is 263 Å². The fourth-order valence-electron chi connectivity index (χ4n) is 8.55. The molecule has 0 aliphatic rings. The monoisotopic (exact) mass is 968 g/mol. The number of nitrogens with two attached hydrogens (primary N) is 1. The van der Waals surface area contributed by atoms with Crippen molar-refractivity contribution in [3.05, 3.63) is 24.3 Å². The first-order valence-corrected chi connectivity index (χ1v) is 30.3. The minimum absolute atomic E-state index is 0.0528. The minimum atomic E-state index is -4.38. The van der Waals surface area contributed by atoms with E-state index in [1.54, 1.807) is 0 Å². The van der Waals surface area contributed by atoms with E-state index in [1.165, 1.54) is 205 Å². The molecule has 0 spiro atoms. The summed E-state index contributed by atoms with van der Waals surface area (Å²) in [6.45, 7) is 3.76. The van der Waals surface area contributed by atoms with E-state index < -0.39 is 26.5 Å². The van der Waals surface area contributed by atoms with Crippen molar-refractivity contribution in [3.63, 3.8) is 0 Å². The fourth-order valence-corrected chi connectivity index (χ4v) is 9.32. The van der Waals surface area contributed by atoms with Crippen LogP contribution in [0.25, 0.3) is 0 Å². The molecule has 0 bridgehead atoms. The first kappa shape index (κ1) is 65.5. The van der Waals surface area contributed by atoms with Crippen molar-refractivity contribution >= 4 is 19.8 Å². The molecular formula is C57H110NO8P. The van der Waals surface area contributed by atoms with Gasteiger partial charge in [0.1, 0.15) is 6.61 Å². The Morgan fingerprint density at radius 3 is 1.15 bits per heavy atom. The van der Waals surface area contributed by atoms with Crippen LogP contribution in [0, 0.1) is 0 Å². The van der Waals surface area contributed by atoms with E-state index in [9.17, 15) is 19.0 Å². The summed E-state index contributed by atoms with van der Waals surface area (Å²) in [7, 11) is -4.38. The van der Waals surface area contributed by atoms with E-state index in [2.05, 4.69) is 38.2 Å². The summed E-state index contributed by atoms with van der Waals surface area (Å²) in [6.07, 6.45) is 62.5. The molecule has 10 heteroatoms. The van der Waals surface area contributed by atoms with Gasteiger partial charge >= 0.3 is 19.8 Å². The number of ether oxygens (including phenoxy) is 2. The van der Waals surface area contributed by atoms with E-state index in [1.807, 2.05) is 0 Å². The van der Waals surface area contributed by atoms with Crippen molar-refractivity contribution in [3.8, 4) is 0 Å². The zero-order chi connectivity index (χ0) is 48.8. The first-order chi connectivity index (χ1) is 32.8. The second kappa shape index (κ2) is 53.8. The maximum Gasteiger partial charge on any atom is 0.472 e. The number of allylic oxidation sites excluding steroid dienone is 4. The number of unbranched alkanes of at least 4 members (excludes halogenated alkanes) is 38. The molecule has 2 atom stereocenters. The number of hydrogen-bond donors (Lipinski definition) is 2. The number of carbonyl (C=O) groups is 2. The maximum absolute atomic E-state index is 12.6. The largest absolute Gasteiger partial charge is 0.472 e. The number of hydrogen-bond acceptors (Lipinski definition) is 8. The number of phosphoric ester groups is 1. The molecular weight excluding hydrogens is 858 g/mol. The molecule has 0 radical (unpaired) electrons. The van der Waals surface area contributed by atoms with Crippen LogP contribution in [0.3, 0.4) is 0 Å². The molecule has 0 heterocycles. The summed E-state index contributed by atoms with van der Waals surface area (Å²) >= 11 is 0. The second-order valence-corrected chi connectivity index (χ2v) is 21.0. The van der Waals surface area contributed by atoms with Crippen molar-refractivity contribution in [2.75, 3.05) is 26.4 Å². The number of phosphoric acid groups is 1. The normalized spacial score (nSPS) is 13.2. The van der Waals surface area contributed by atoms with Crippen LogP contribution in [0.15, 0.2) is 24.3 Å². The van der Waals surface area contributed by atoms with Crippen molar-refractivity contribution in [2.24, 2.45) is 5.73 Å². The average molecular weight is 968 g/mol. The molecule has 2 unspecified atom stereocenters. The molecule has 0 aromatic heterocycles. The van der Waals surface area contributed by atoms with E-state index in [0.29, 0.717) is 6.42 Å². The highest BCUT2D eigenvalue weighted by molar-refractivity contribution is 7.47. The van der Waals surface area contributed by atoms with Gasteiger partial charge in [0.2, 0.25) is 0 Å². The standard InChI is InChI=1S/C57H110NO8P/c1-3-5-7-9-11-13-15-17-19-21-22-23-24-25-26-27-28-29-30-31-32-33-34-36-37-39-41-43-45-47-49-56(59)63-53-55(54-65-67(61,62)64-52-51-58)66-57(60)50-48-46-44-42-40-38-35-20-18-16-14-12-10-8-6-4-2/h14,16,20,35,55H,3-13,15,17-19,21-34,36-54,58H2,1-2H3,(H,61,62)/b16-14-,35-20-. The molecule has 0 fully saturated rings. The minimum Gasteiger partial charge on any atom is -0.462 e. The van der Waals surface area contributed by atoms with Crippen LogP contribution in [0.5, 0.6) is 0 Å². The second-order valence-electron chi connectivity index (χ2n) is 19.5.